The van der Waals surface area contributed by atoms with Gasteiger partial charge in [0.15, 0.2) is 0 Å². The van der Waals surface area contributed by atoms with Crippen LogP contribution in [0.1, 0.15) is 22.3 Å². The minimum atomic E-state index is 0.860. The summed E-state index contributed by atoms with van der Waals surface area (Å²) < 4.78 is 5.52. The maximum absolute atomic E-state index is 5.52. The fourth-order valence-corrected chi connectivity index (χ4v) is 1.80. The summed E-state index contributed by atoms with van der Waals surface area (Å²) >= 11 is 0. The highest BCUT2D eigenvalue weighted by Gasteiger charge is 2.16. The first-order chi connectivity index (χ1) is 5.70. The van der Waals surface area contributed by atoms with Crippen molar-refractivity contribution in [1.29, 1.82) is 0 Å². The molecule has 2 rings (SSSR count). The Morgan fingerprint density at radius 2 is 1.92 bits per heavy atom. The molecule has 12 heavy (non-hydrogen) atoms. The monoisotopic (exact) mass is 162 g/mol. The number of fused-ring (bicyclic) bond motifs is 1. The van der Waals surface area contributed by atoms with Crippen molar-refractivity contribution in [2.45, 2.75) is 27.2 Å². The van der Waals surface area contributed by atoms with Crippen molar-refractivity contribution in [2.75, 3.05) is 6.61 Å². The van der Waals surface area contributed by atoms with E-state index >= 15 is 0 Å². The van der Waals surface area contributed by atoms with Crippen LogP contribution in [-0.2, 0) is 6.42 Å². The molecule has 0 bridgehead atoms. The number of hydrogen-bond donors (Lipinski definition) is 0. The highest BCUT2D eigenvalue weighted by atomic mass is 16.5. The Labute approximate surface area is 73.4 Å². The molecule has 0 unspecified atom stereocenters. The third kappa shape index (κ3) is 0.927. The van der Waals surface area contributed by atoms with Crippen molar-refractivity contribution in [2.24, 2.45) is 0 Å². The molecule has 0 spiro atoms. The predicted molar refractivity (Wildman–Crippen MR) is 49.9 cm³/mol. The lowest BCUT2D eigenvalue weighted by Crippen LogP contribution is -1.91. The Balaban J connectivity index is 2.67. The zero-order valence-electron chi connectivity index (χ0n) is 7.90. The lowest BCUT2D eigenvalue weighted by atomic mass is 9.97. The molecule has 0 radical (unpaired) electrons. The second-order valence-electron chi connectivity index (χ2n) is 3.52. The molecular weight excluding hydrogens is 148 g/mol. The average molecular weight is 162 g/mol. The summed E-state index contributed by atoms with van der Waals surface area (Å²) in [6.45, 7) is 7.38. The lowest BCUT2D eigenvalue weighted by molar-refractivity contribution is 0.356. The second-order valence-corrected chi connectivity index (χ2v) is 3.52. The first-order valence-electron chi connectivity index (χ1n) is 4.42. The molecule has 1 aliphatic rings. The number of aryl methyl sites for hydroxylation is 1. The van der Waals surface area contributed by atoms with Crippen molar-refractivity contribution in [3.63, 3.8) is 0 Å². The molecular formula is C11H14O. The van der Waals surface area contributed by atoms with Crippen molar-refractivity contribution < 1.29 is 4.74 Å². The van der Waals surface area contributed by atoms with E-state index in [4.69, 9.17) is 4.74 Å². The van der Waals surface area contributed by atoms with E-state index in [-0.39, 0.29) is 0 Å². The summed E-state index contributed by atoms with van der Waals surface area (Å²) in [5.74, 6) is 1.11. The van der Waals surface area contributed by atoms with Gasteiger partial charge in [0.2, 0.25) is 0 Å². The van der Waals surface area contributed by atoms with E-state index in [9.17, 15) is 0 Å². The van der Waals surface area contributed by atoms with Gasteiger partial charge in [-0.15, -0.1) is 0 Å². The van der Waals surface area contributed by atoms with Gasteiger partial charge >= 0.3 is 0 Å². The smallest absolute Gasteiger partial charge is 0.123 e. The Morgan fingerprint density at radius 1 is 1.17 bits per heavy atom. The van der Waals surface area contributed by atoms with Gasteiger partial charge < -0.3 is 4.74 Å². The van der Waals surface area contributed by atoms with E-state index in [1.165, 1.54) is 22.3 Å². The number of hydrogen-bond acceptors (Lipinski definition) is 1. The summed E-state index contributed by atoms with van der Waals surface area (Å²) in [5.41, 5.74) is 5.59. The van der Waals surface area contributed by atoms with Crippen LogP contribution >= 0.6 is 0 Å². The largest absolute Gasteiger partial charge is 0.493 e. The molecule has 1 heteroatoms. The van der Waals surface area contributed by atoms with Crippen LogP contribution in [0.5, 0.6) is 5.75 Å². The van der Waals surface area contributed by atoms with Crippen LogP contribution in [-0.4, -0.2) is 6.61 Å². The van der Waals surface area contributed by atoms with Gasteiger partial charge in [0, 0.05) is 12.0 Å². The van der Waals surface area contributed by atoms with E-state index in [0.717, 1.165) is 18.8 Å². The Morgan fingerprint density at radius 3 is 2.67 bits per heavy atom. The minimum absolute atomic E-state index is 0.860. The first-order valence-corrected chi connectivity index (χ1v) is 4.42. The normalized spacial score (nSPS) is 14.2. The summed E-state index contributed by atoms with van der Waals surface area (Å²) in [4.78, 5) is 0. The van der Waals surface area contributed by atoms with Gasteiger partial charge in [-0.2, -0.15) is 0 Å². The molecule has 64 valence electrons. The molecule has 0 amide bonds. The summed E-state index contributed by atoms with van der Waals surface area (Å²) in [6.07, 6.45) is 1.09. The molecule has 1 nitrogen and oxygen atoms in total. The van der Waals surface area contributed by atoms with Gasteiger partial charge in [0.1, 0.15) is 5.75 Å². The van der Waals surface area contributed by atoms with Gasteiger partial charge in [0.05, 0.1) is 6.61 Å². The summed E-state index contributed by atoms with van der Waals surface area (Å²) in [7, 11) is 0. The van der Waals surface area contributed by atoms with Crippen molar-refractivity contribution in [1.82, 2.24) is 0 Å². The van der Waals surface area contributed by atoms with E-state index in [1.54, 1.807) is 0 Å². The summed E-state index contributed by atoms with van der Waals surface area (Å²) in [6, 6.07) is 2.16. The topological polar surface area (TPSA) is 9.23 Å². The molecule has 0 saturated carbocycles. The van der Waals surface area contributed by atoms with E-state index in [2.05, 4.69) is 26.8 Å². The van der Waals surface area contributed by atoms with Gasteiger partial charge in [0.25, 0.3) is 0 Å². The molecule has 0 fully saturated rings. The van der Waals surface area contributed by atoms with Crippen LogP contribution in [0.3, 0.4) is 0 Å². The van der Waals surface area contributed by atoms with Crippen LogP contribution in [0.2, 0.25) is 0 Å². The first kappa shape index (κ1) is 7.66. The lowest BCUT2D eigenvalue weighted by Gasteiger charge is -2.09. The van der Waals surface area contributed by atoms with Gasteiger partial charge in [-0.3, -0.25) is 0 Å². The number of benzene rings is 1. The standard InChI is InChI=1S/C11H14O/c1-7-6-11-10(4-5-12-11)9(3)8(7)2/h6H,4-5H2,1-3H3. The number of ether oxygens (including phenoxy) is 1. The van der Waals surface area contributed by atoms with Crippen LogP contribution in [0.25, 0.3) is 0 Å². The number of rotatable bonds is 0. The van der Waals surface area contributed by atoms with Gasteiger partial charge in [-0.25, -0.2) is 0 Å². The average Bonchev–Trinajstić information content (AvgIpc) is 2.48. The van der Waals surface area contributed by atoms with Crippen molar-refractivity contribution in [3.8, 4) is 5.75 Å². The second kappa shape index (κ2) is 2.51. The third-order valence-electron chi connectivity index (χ3n) is 2.86. The van der Waals surface area contributed by atoms with Crippen molar-refractivity contribution >= 4 is 0 Å². The van der Waals surface area contributed by atoms with Crippen LogP contribution in [0.15, 0.2) is 6.07 Å². The maximum Gasteiger partial charge on any atom is 0.123 e. The van der Waals surface area contributed by atoms with Crippen molar-refractivity contribution in [3.05, 3.63) is 28.3 Å². The molecule has 0 saturated heterocycles. The molecule has 0 N–H and O–H groups in total. The minimum Gasteiger partial charge on any atom is -0.493 e. The van der Waals surface area contributed by atoms with E-state index in [1.807, 2.05) is 0 Å². The molecule has 0 aromatic heterocycles. The van der Waals surface area contributed by atoms with Crippen LogP contribution in [0, 0.1) is 20.8 Å². The quantitative estimate of drug-likeness (QED) is 0.569. The SMILES string of the molecule is Cc1cc2c(c(C)c1C)CCO2. The van der Waals surface area contributed by atoms with Gasteiger partial charge in [-0.1, -0.05) is 0 Å². The van der Waals surface area contributed by atoms with E-state index in [0.29, 0.717) is 0 Å². The zero-order chi connectivity index (χ0) is 8.72. The zero-order valence-corrected chi connectivity index (χ0v) is 7.90. The Kier molecular flexibility index (Phi) is 1.60. The highest BCUT2D eigenvalue weighted by Crippen LogP contribution is 2.31. The molecule has 1 heterocycles. The fraction of sp³-hybridized carbons (Fsp3) is 0.455. The summed E-state index contributed by atoms with van der Waals surface area (Å²) in [5, 5.41) is 0. The highest BCUT2D eigenvalue weighted by molar-refractivity contribution is 5.49. The van der Waals surface area contributed by atoms with Gasteiger partial charge in [-0.05, 0) is 43.5 Å². The molecule has 1 aliphatic heterocycles. The molecule has 0 aliphatic carbocycles. The Bertz CT molecular complexity index is 326. The predicted octanol–water partition coefficient (Wildman–Crippen LogP) is 2.55. The van der Waals surface area contributed by atoms with Crippen LogP contribution < -0.4 is 4.74 Å². The Hall–Kier alpha value is -0.980. The molecule has 1 aromatic rings. The molecule has 0 atom stereocenters. The third-order valence-corrected chi connectivity index (χ3v) is 2.86. The van der Waals surface area contributed by atoms with Crippen LogP contribution in [0.4, 0.5) is 0 Å². The van der Waals surface area contributed by atoms with E-state index < -0.39 is 0 Å². The molecule has 1 aromatic carbocycles. The fourth-order valence-electron chi connectivity index (χ4n) is 1.80. The maximum atomic E-state index is 5.52.